The molecule has 0 saturated heterocycles. The van der Waals surface area contributed by atoms with Crippen molar-refractivity contribution < 1.29 is 10.2 Å². The van der Waals surface area contributed by atoms with Crippen molar-refractivity contribution in [2.75, 3.05) is 0 Å². The fourth-order valence-electron chi connectivity index (χ4n) is 1.86. The van der Waals surface area contributed by atoms with E-state index >= 15 is 0 Å². The first kappa shape index (κ1) is 10.7. The summed E-state index contributed by atoms with van der Waals surface area (Å²) in [6.45, 7) is 4.12. The minimum atomic E-state index is -0.209. The molecule has 0 heterocycles. The fraction of sp³-hybridized carbons (Fsp3) is 0.818. The molecule has 1 fully saturated rings. The van der Waals surface area contributed by atoms with Crippen molar-refractivity contribution >= 4 is 0 Å². The van der Waals surface area contributed by atoms with Gasteiger partial charge >= 0.3 is 0 Å². The maximum absolute atomic E-state index is 9.66. The Morgan fingerprint density at radius 1 is 1.31 bits per heavy atom. The number of hydrogen-bond donors (Lipinski definition) is 2. The molecule has 13 heavy (non-hydrogen) atoms. The first-order valence-corrected chi connectivity index (χ1v) is 5.09. The largest absolute Gasteiger partial charge is 0.393 e. The summed E-state index contributed by atoms with van der Waals surface area (Å²) in [5.74, 6) is 0.263. The van der Waals surface area contributed by atoms with E-state index in [-0.39, 0.29) is 18.1 Å². The Morgan fingerprint density at radius 3 is 2.62 bits per heavy atom. The van der Waals surface area contributed by atoms with Gasteiger partial charge in [0.15, 0.2) is 0 Å². The van der Waals surface area contributed by atoms with E-state index in [0.29, 0.717) is 0 Å². The van der Waals surface area contributed by atoms with Crippen molar-refractivity contribution in [1.82, 2.24) is 0 Å². The van der Waals surface area contributed by atoms with Gasteiger partial charge in [0.2, 0.25) is 0 Å². The summed E-state index contributed by atoms with van der Waals surface area (Å²) in [6, 6.07) is 0. The van der Waals surface area contributed by atoms with Gasteiger partial charge in [0.25, 0.3) is 0 Å². The Bertz CT molecular complexity index is 183. The van der Waals surface area contributed by atoms with E-state index < -0.39 is 0 Å². The predicted molar refractivity (Wildman–Crippen MR) is 53.4 cm³/mol. The molecular weight excluding hydrogens is 164 g/mol. The van der Waals surface area contributed by atoms with Crippen LogP contribution in [0, 0.1) is 5.92 Å². The zero-order valence-electron chi connectivity index (χ0n) is 8.53. The number of aliphatic hydroxyl groups is 2. The zero-order valence-corrected chi connectivity index (χ0v) is 8.53. The van der Waals surface area contributed by atoms with Gasteiger partial charge in [-0.1, -0.05) is 11.6 Å². The summed E-state index contributed by atoms with van der Waals surface area (Å²) in [4.78, 5) is 0. The lowest BCUT2D eigenvalue weighted by molar-refractivity contribution is 0.00816. The topological polar surface area (TPSA) is 40.5 Å². The molecule has 3 atom stereocenters. The minimum absolute atomic E-state index is 0.195. The van der Waals surface area contributed by atoms with Gasteiger partial charge in [0.1, 0.15) is 0 Å². The maximum Gasteiger partial charge on any atom is 0.0573 e. The van der Waals surface area contributed by atoms with Crippen LogP contribution in [0.15, 0.2) is 11.6 Å². The molecule has 0 aromatic heterocycles. The van der Waals surface area contributed by atoms with Gasteiger partial charge in [0, 0.05) is 0 Å². The van der Waals surface area contributed by atoms with Crippen molar-refractivity contribution in [2.24, 2.45) is 5.92 Å². The first-order valence-electron chi connectivity index (χ1n) is 5.09. The van der Waals surface area contributed by atoms with Gasteiger partial charge in [-0.15, -0.1) is 0 Å². The Morgan fingerprint density at radius 2 is 2.00 bits per heavy atom. The summed E-state index contributed by atoms with van der Waals surface area (Å²) >= 11 is 0. The highest BCUT2D eigenvalue weighted by Gasteiger charge is 2.26. The number of aliphatic hydroxyl groups excluding tert-OH is 2. The normalized spacial score (nSPS) is 34.3. The summed E-state index contributed by atoms with van der Waals surface area (Å²) in [7, 11) is 0. The minimum Gasteiger partial charge on any atom is -0.393 e. The third-order valence-corrected chi connectivity index (χ3v) is 2.74. The third kappa shape index (κ3) is 3.49. The van der Waals surface area contributed by atoms with E-state index in [0.717, 1.165) is 25.7 Å². The first-order chi connectivity index (χ1) is 6.09. The van der Waals surface area contributed by atoms with Gasteiger partial charge in [-0.05, 0) is 45.4 Å². The lowest BCUT2D eigenvalue weighted by atomic mass is 9.82. The Labute approximate surface area is 80.3 Å². The quantitative estimate of drug-likeness (QED) is 0.643. The smallest absolute Gasteiger partial charge is 0.0573 e. The molecule has 2 heteroatoms. The van der Waals surface area contributed by atoms with Crippen LogP contribution in [0.25, 0.3) is 0 Å². The van der Waals surface area contributed by atoms with E-state index in [1.54, 1.807) is 0 Å². The van der Waals surface area contributed by atoms with Crippen LogP contribution in [-0.2, 0) is 0 Å². The average Bonchev–Trinajstić information content (AvgIpc) is 2.06. The molecule has 0 spiro atoms. The van der Waals surface area contributed by atoms with E-state index in [9.17, 15) is 10.2 Å². The molecule has 1 rings (SSSR count). The van der Waals surface area contributed by atoms with Gasteiger partial charge in [-0.2, -0.15) is 0 Å². The van der Waals surface area contributed by atoms with Gasteiger partial charge < -0.3 is 10.2 Å². The van der Waals surface area contributed by atoms with Crippen LogP contribution in [0.4, 0.5) is 0 Å². The van der Waals surface area contributed by atoms with E-state index in [4.69, 9.17) is 0 Å². The second-order valence-electron chi connectivity index (χ2n) is 4.31. The second kappa shape index (κ2) is 4.77. The Hall–Kier alpha value is -0.340. The molecule has 0 amide bonds. The van der Waals surface area contributed by atoms with Crippen LogP contribution >= 0.6 is 0 Å². The van der Waals surface area contributed by atoms with Crippen molar-refractivity contribution in [3.8, 4) is 0 Å². The molecule has 2 nitrogen and oxygen atoms in total. The fourth-order valence-corrected chi connectivity index (χ4v) is 1.86. The molecule has 1 aliphatic carbocycles. The highest BCUT2D eigenvalue weighted by Crippen LogP contribution is 2.27. The Kier molecular flexibility index (Phi) is 3.94. The highest BCUT2D eigenvalue weighted by molar-refractivity contribution is 4.96. The van der Waals surface area contributed by atoms with Crippen LogP contribution < -0.4 is 0 Å². The van der Waals surface area contributed by atoms with Crippen LogP contribution in [0.5, 0.6) is 0 Å². The van der Waals surface area contributed by atoms with Crippen LogP contribution in [0.2, 0.25) is 0 Å². The monoisotopic (exact) mass is 184 g/mol. The van der Waals surface area contributed by atoms with Crippen molar-refractivity contribution in [1.29, 1.82) is 0 Å². The molecular formula is C11H20O2. The van der Waals surface area contributed by atoms with E-state index in [1.165, 1.54) is 5.57 Å². The molecule has 1 saturated carbocycles. The van der Waals surface area contributed by atoms with Crippen LogP contribution in [0.1, 0.15) is 39.5 Å². The molecule has 1 aliphatic rings. The van der Waals surface area contributed by atoms with Gasteiger partial charge in [-0.3, -0.25) is 0 Å². The van der Waals surface area contributed by atoms with E-state index in [1.807, 2.05) is 0 Å². The molecule has 0 aromatic carbocycles. The molecule has 76 valence electrons. The van der Waals surface area contributed by atoms with Gasteiger partial charge in [0.05, 0.1) is 12.2 Å². The second-order valence-corrected chi connectivity index (χ2v) is 4.31. The molecule has 0 aromatic rings. The van der Waals surface area contributed by atoms with Crippen molar-refractivity contribution in [3.05, 3.63) is 11.6 Å². The molecule has 0 radical (unpaired) electrons. The summed E-state index contributed by atoms with van der Waals surface area (Å²) in [6.07, 6.45) is 4.91. The maximum atomic E-state index is 9.66. The van der Waals surface area contributed by atoms with E-state index in [2.05, 4.69) is 19.9 Å². The summed E-state index contributed by atoms with van der Waals surface area (Å²) in [5, 5.41) is 19.1. The average molecular weight is 184 g/mol. The Balaban J connectivity index is 2.42. The lowest BCUT2D eigenvalue weighted by Crippen LogP contribution is -2.31. The lowest BCUT2D eigenvalue weighted by Gasteiger charge is -2.30. The van der Waals surface area contributed by atoms with Crippen molar-refractivity contribution in [2.45, 2.75) is 51.7 Å². The molecule has 0 bridgehead atoms. The SMILES string of the molecule is CC(C)=CC[C@@H]1C[C@H](O)CC[C@H]1O. The molecule has 0 aliphatic heterocycles. The highest BCUT2D eigenvalue weighted by atomic mass is 16.3. The van der Waals surface area contributed by atoms with Gasteiger partial charge in [-0.25, -0.2) is 0 Å². The predicted octanol–water partition coefficient (Wildman–Crippen LogP) is 1.86. The van der Waals surface area contributed by atoms with Crippen LogP contribution in [-0.4, -0.2) is 22.4 Å². The summed E-state index contributed by atoms with van der Waals surface area (Å²) in [5.41, 5.74) is 1.28. The number of allylic oxidation sites excluding steroid dienone is 2. The third-order valence-electron chi connectivity index (χ3n) is 2.74. The number of rotatable bonds is 2. The molecule has 2 N–H and O–H groups in total. The molecule has 0 unspecified atom stereocenters. The summed E-state index contributed by atoms with van der Waals surface area (Å²) < 4.78 is 0. The zero-order chi connectivity index (χ0) is 9.84. The van der Waals surface area contributed by atoms with Crippen molar-refractivity contribution in [3.63, 3.8) is 0 Å². The number of hydrogen-bond acceptors (Lipinski definition) is 2. The van der Waals surface area contributed by atoms with Crippen LogP contribution in [0.3, 0.4) is 0 Å². The standard InChI is InChI=1S/C11H20O2/c1-8(2)3-4-9-7-10(12)5-6-11(9)13/h3,9-13H,4-7H2,1-2H3/t9-,10-,11-/m1/s1.